The van der Waals surface area contributed by atoms with Crippen molar-refractivity contribution in [3.05, 3.63) is 92.6 Å². The Bertz CT molecular complexity index is 1980. The zero-order valence-electron chi connectivity index (χ0n) is 25.4. The largest absolute Gasteiger partial charge is 0.493 e. The molecule has 5 aromatic rings. The monoisotopic (exact) mass is 654 g/mol. The molecule has 0 radical (unpaired) electrons. The Morgan fingerprint density at radius 3 is 2.48 bits per heavy atom. The van der Waals surface area contributed by atoms with Crippen molar-refractivity contribution in [2.24, 2.45) is 0 Å². The number of para-hydroxylation sites is 1. The lowest BCUT2D eigenvalue weighted by Gasteiger charge is -2.13. The van der Waals surface area contributed by atoms with E-state index in [1.807, 2.05) is 41.8 Å². The Kier molecular flexibility index (Phi) is 9.13. The molecular weight excluding hydrogens is 625 g/mol. The molecule has 0 saturated heterocycles. The summed E-state index contributed by atoms with van der Waals surface area (Å²) in [6, 6.07) is 16.7. The van der Waals surface area contributed by atoms with Crippen molar-refractivity contribution in [1.29, 1.82) is 0 Å². The first kappa shape index (κ1) is 31.0. The van der Waals surface area contributed by atoms with Gasteiger partial charge < -0.3 is 24.3 Å². The number of hydrogen-bond acceptors (Lipinski definition) is 10. The van der Waals surface area contributed by atoms with Crippen molar-refractivity contribution in [2.45, 2.75) is 19.8 Å². The molecule has 3 heterocycles. The Labute approximate surface area is 273 Å². The van der Waals surface area contributed by atoms with Crippen LogP contribution in [0.3, 0.4) is 0 Å². The number of esters is 2. The van der Waals surface area contributed by atoms with Crippen LogP contribution in [0.25, 0.3) is 33.7 Å². The molecule has 0 aliphatic heterocycles. The molecule has 0 saturated carbocycles. The van der Waals surface area contributed by atoms with Crippen molar-refractivity contribution in [3.63, 3.8) is 0 Å². The van der Waals surface area contributed by atoms with Gasteiger partial charge in [-0.1, -0.05) is 30.3 Å². The van der Waals surface area contributed by atoms with Gasteiger partial charge in [0, 0.05) is 21.2 Å². The molecule has 1 aliphatic rings. The van der Waals surface area contributed by atoms with Gasteiger partial charge in [-0.15, -0.1) is 22.7 Å². The highest BCUT2D eigenvalue weighted by atomic mass is 32.1. The first-order valence-corrected chi connectivity index (χ1v) is 16.3. The molecule has 2 aromatic carbocycles. The Balaban J connectivity index is 1.25. The van der Waals surface area contributed by atoms with E-state index in [1.54, 1.807) is 41.8 Å². The molecule has 1 amide bonds. The quantitative estimate of drug-likeness (QED) is 0.154. The smallest absolute Gasteiger partial charge is 0.341 e. The molecule has 0 bridgehead atoms. The van der Waals surface area contributed by atoms with Crippen molar-refractivity contribution in [3.8, 4) is 22.6 Å². The first-order valence-electron chi connectivity index (χ1n) is 14.6. The molecule has 1 aliphatic carbocycles. The predicted molar refractivity (Wildman–Crippen MR) is 180 cm³/mol. The van der Waals surface area contributed by atoms with Crippen molar-refractivity contribution < 1.29 is 33.3 Å². The molecule has 11 heteroatoms. The number of fused-ring (bicyclic) bond motifs is 2. The number of amides is 1. The molecule has 9 nitrogen and oxygen atoms in total. The fourth-order valence-corrected chi connectivity index (χ4v) is 7.15. The minimum absolute atomic E-state index is 0.152. The van der Waals surface area contributed by atoms with Gasteiger partial charge in [0.15, 0.2) is 18.1 Å². The van der Waals surface area contributed by atoms with E-state index in [0.29, 0.717) is 45.5 Å². The van der Waals surface area contributed by atoms with Crippen LogP contribution in [-0.4, -0.2) is 50.3 Å². The summed E-state index contributed by atoms with van der Waals surface area (Å²) in [4.78, 5) is 45.8. The summed E-state index contributed by atoms with van der Waals surface area (Å²) in [6.07, 6.45) is 3.49. The normalized spacial score (nSPS) is 13.0. The van der Waals surface area contributed by atoms with E-state index in [2.05, 4.69) is 11.4 Å². The number of carbonyl (C=O) groups is 3. The van der Waals surface area contributed by atoms with E-state index >= 15 is 0 Å². The summed E-state index contributed by atoms with van der Waals surface area (Å²) in [7, 11) is 3.07. The van der Waals surface area contributed by atoms with Gasteiger partial charge in [-0.05, 0) is 72.2 Å². The number of ether oxygens (including phenoxy) is 4. The number of hydrogen-bond donors (Lipinski definition) is 1. The Morgan fingerprint density at radius 2 is 1.72 bits per heavy atom. The van der Waals surface area contributed by atoms with Gasteiger partial charge in [0.2, 0.25) is 0 Å². The standard InChI is InChI=1S/C35H30N2O7S2/c1-4-43-35(40)31-25(20-12-14-27(41-2)28(17-20)42-3)19-46-33(31)37-29(38)18-44-34(39)30-23-9-5-6-10-26(23)36-32-21(11-13-24(30)32)16-22-8-7-15-45-22/h5-10,12,14-17,19H,4,11,13,18H2,1-3H3,(H,37,38)/b21-16-. The number of aromatic nitrogens is 1. The van der Waals surface area contributed by atoms with Crippen LogP contribution >= 0.6 is 22.7 Å². The SMILES string of the molecule is CCOC(=O)c1c(-c2ccc(OC)c(OC)c2)csc1NC(=O)COC(=O)c1c2c(nc3ccccc13)/C(=C\c1cccs1)CC2. The van der Waals surface area contributed by atoms with Gasteiger partial charge in [-0.3, -0.25) is 4.79 Å². The van der Waals surface area contributed by atoms with E-state index in [0.717, 1.165) is 28.1 Å². The van der Waals surface area contributed by atoms with Gasteiger partial charge in [-0.2, -0.15) is 0 Å². The molecule has 234 valence electrons. The molecule has 1 N–H and O–H groups in total. The summed E-state index contributed by atoms with van der Waals surface area (Å²) in [5, 5.41) is 7.47. The maximum absolute atomic E-state index is 13.6. The summed E-state index contributed by atoms with van der Waals surface area (Å²) >= 11 is 2.81. The van der Waals surface area contributed by atoms with Gasteiger partial charge in [-0.25, -0.2) is 14.6 Å². The first-order chi connectivity index (χ1) is 22.4. The second-order valence-electron chi connectivity index (χ2n) is 10.3. The minimum Gasteiger partial charge on any atom is -0.493 e. The average Bonchev–Trinajstić information content (AvgIpc) is 3.83. The van der Waals surface area contributed by atoms with E-state index in [1.165, 1.54) is 25.6 Å². The molecule has 0 fully saturated rings. The van der Waals surface area contributed by atoms with E-state index in [9.17, 15) is 14.4 Å². The lowest BCUT2D eigenvalue weighted by molar-refractivity contribution is -0.119. The molecule has 3 aromatic heterocycles. The lowest BCUT2D eigenvalue weighted by Crippen LogP contribution is -2.22. The van der Waals surface area contributed by atoms with Crippen LogP contribution in [0.5, 0.6) is 11.5 Å². The number of thiophene rings is 2. The van der Waals surface area contributed by atoms with Crippen LogP contribution < -0.4 is 14.8 Å². The van der Waals surface area contributed by atoms with Gasteiger partial charge in [0.1, 0.15) is 10.6 Å². The number of allylic oxidation sites excluding steroid dienone is 1. The Morgan fingerprint density at radius 1 is 0.913 bits per heavy atom. The topological polar surface area (TPSA) is 113 Å². The Hall–Kier alpha value is -5.00. The average molecular weight is 655 g/mol. The maximum Gasteiger partial charge on any atom is 0.341 e. The molecule has 46 heavy (non-hydrogen) atoms. The molecule has 6 rings (SSSR count). The van der Waals surface area contributed by atoms with E-state index in [-0.39, 0.29) is 17.2 Å². The van der Waals surface area contributed by atoms with Crippen LogP contribution in [0.4, 0.5) is 5.00 Å². The third-order valence-corrected chi connectivity index (χ3v) is 9.27. The summed E-state index contributed by atoms with van der Waals surface area (Å²) in [6.45, 7) is 1.31. The van der Waals surface area contributed by atoms with Crippen molar-refractivity contribution >= 4 is 68.1 Å². The number of benzene rings is 2. The van der Waals surface area contributed by atoms with Gasteiger partial charge in [0.05, 0.1) is 37.6 Å². The summed E-state index contributed by atoms with van der Waals surface area (Å²) in [5.74, 6) is -0.760. The maximum atomic E-state index is 13.6. The molecular formula is C35H30N2O7S2. The highest BCUT2D eigenvalue weighted by Crippen LogP contribution is 2.40. The highest BCUT2D eigenvalue weighted by Gasteiger charge is 2.29. The number of rotatable bonds is 10. The van der Waals surface area contributed by atoms with Crippen LogP contribution in [0.15, 0.2) is 65.4 Å². The fourth-order valence-electron chi connectivity index (χ4n) is 5.50. The number of carbonyl (C=O) groups excluding carboxylic acids is 3. The van der Waals surface area contributed by atoms with Crippen LogP contribution in [0.2, 0.25) is 0 Å². The van der Waals surface area contributed by atoms with E-state index < -0.39 is 24.5 Å². The summed E-state index contributed by atoms with van der Waals surface area (Å²) in [5.41, 5.74) is 5.18. The zero-order chi connectivity index (χ0) is 32.2. The molecule has 0 unspecified atom stereocenters. The van der Waals surface area contributed by atoms with Crippen molar-refractivity contribution in [1.82, 2.24) is 4.98 Å². The number of methoxy groups -OCH3 is 2. The number of nitrogens with zero attached hydrogens (tertiary/aromatic N) is 1. The van der Waals surface area contributed by atoms with Crippen LogP contribution in [0, 0.1) is 0 Å². The zero-order valence-corrected chi connectivity index (χ0v) is 27.0. The number of pyridine rings is 1. The number of anilines is 1. The second-order valence-corrected chi connectivity index (χ2v) is 12.1. The fraction of sp³-hybridized carbons (Fsp3) is 0.200. The van der Waals surface area contributed by atoms with Crippen LogP contribution in [0.1, 0.15) is 50.2 Å². The third kappa shape index (κ3) is 6.11. The summed E-state index contributed by atoms with van der Waals surface area (Å²) < 4.78 is 21.7. The third-order valence-electron chi connectivity index (χ3n) is 7.56. The van der Waals surface area contributed by atoms with Gasteiger partial charge in [0.25, 0.3) is 5.91 Å². The van der Waals surface area contributed by atoms with Gasteiger partial charge >= 0.3 is 11.9 Å². The van der Waals surface area contributed by atoms with E-state index in [4.69, 9.17) is 23.9 Å². The second kappa shape index (κ2) is 13.6. The molecule has 0 spiro atoms. The molecule has 0 atom stereocenters. The number of nitrogens with one attached hydrogen (secondary N) is 1. The van der Waals surface area contributed by atoms with Crippen LogP contribution in [-0.2, 0) is 20.7 Å². The predicted octanol–water partition coefficient (Wildman–Crippen LogP) is 7.50. The lowest BCUT2D eigenvalue weighted by atomic mass is 10.0. The highest BCUT2D eigenvalue weighted by molar-refractivity contribution is 7.15. The minimum atomic E-state index is -0.606. The van der Waals surface area contributed by atoms with Crippen molar-refractivity contribution in [2.75, 3.05) is 32.8 Å².